The second-order valence-electron chi connectivity index (χ2n) is 8.59. The zero-order chi connectivity index (χ0) is 26.7. The number of ether oxygens (including phenoxy) is 2. The molecule has 0 amide bonds. The van der Waals surface area contributed by atoms with Crippen molar-refractivity contribution < 1.29 is 19.1 Å². The molecule has 0 radical (unpaired) electrons. The number of hydrogen-bond donors (Lipinski definition) is 2. The fourth-order valence-electron chi connectivity index (χ4n) is 3.32. The summed E-state index contributed by atoms with van der Waals surface area (Å²) < 4.78 is 24.1. The molecule has 3 N–H and O–H groups in total. The molecule has 190 valence electrons. The molecule has 3 heterocycles. The molecule has 0 aliphatic heterocycles. The van der Waals surface area contributed by atoms with Crippen molar-refractivity contribution in [3.8, 4) is 29.0 Å². The Morgan fingerprint density at radius 3 is 2.64 bits per heavy atom. The van der Waals surface area contributed by atoms with E-state index in [-0.39, 0.29) is 5.56 Å². The van der Waals surface area contributed by atoms with Crippen molar-refractivity contribution in [1.82, 2.24) is 15.0 Å². The first-order valence-electron chi connectivity index (χ1n) is 10.9. The molecule has 0 saturated heterocycles. The van der Waals surface area contributed by atoms with Gasteiger partial charge in [-0.05, 0) is 59.0 Å². The monoisotopic (exact) mass is 558 g/mol. The summed E-state index contributed by atoms with van der Waals surface area (Å²) in [6.45, 7) is 6.47. The minimum absolute atomic E-state index is 0.141. The highest BCUT2D eigenvalue weighted by Crippen LogP contribution is 2.26. The molecule has 36 heavy (non-hydrogen) atoms. The number of rotatable bonds is 8. The van der Waals surface area contributed by atoms with E-state index in [0.717, 1.165) is 23.8 Å². The van der Waals surface area contributed by atoms with Crippen LogP contribution >= 0.6 is 15.9 Å². The Balaban J connectivity index is 0.000000346. The van der Waals surface area contributed by atoms with E-state index in [1.807, 2.05) is 13.0 Å². The number of halogens is 2. The Labute approximate surface area is 217 Å². The lowest BCUT2D eigenvalue weighted by molar-refractivity contribution is 0.200. The van der Waals surface area contributed by atoms with Crippen LogP contribution in [-0.2, 0) is 0 Å². The predicted molar refractivity (Wildman–Crippen MR) is 138 cm³/mol. The number of methoxy groups -OCH3 is 1. The molecular weight excluding hydrogens is 531 g/mol. The highest BCUT2D eigenvalue weighted by molar-refractivity contribution is 9.10. The molecule has 0 saturated carbocycles. The number of oxime groups is 1. The maximum atomic E-state index is 12.6. The summed E-state index contributed by atoms with van der Waals surface area (Å²) in [6, 6.07) is 8.96. The first-order chi connectivity index (χ1) is 17.1. The number of nitriles is 1. The van der Waals surface area contributed by atoms with Crippen molar-refractivity contribution in [3.63, 3.8) is 0 Å². The van der Waals surface area contributed by atoms with Gasteiger partial charge in [-0.15, -0.1) is 0 Å². The van der Waals surface area contributed by atoms with Crippen LogP contribution in [0.5, 0.6) is 11.8 Å². The van der Waals surface area contributed by atoms with Crippen molar-refractivity contribution in [2.45, 2.75) is 32.7 Å². The van der Waals surface area contributed by atoms with E-state index in [1.165, 1.54) is 12.3 Å². The molecule has 3 rings (SSSR count). The van der Waals surface area contributed by atoms with Crippen molar-refractivity contribution in [3.05, 3.63) is 64.4 Å². The minimum atomic E-state index is -0.661. The van der Waals surface area contributed by atoms with Gasteiger partial charge in [-0.3, -0.25) is 0 Å². The average molecular weight is 559 g/mol. The SMILES string of the molecule is COc1cc(-c2cnc(OC[C@@](C)(N)CC(C)C)c(C#N)c2)ccn1.ON=Cc1cc(Br)cnc1F. The van der Waals surface area contributed by atoms with Crippen LogP contribution in [0.1, 0.15) is 38.3 Å². The third-order valence-corrected chi connectivity index (χ3v) is 5.13. The molecule has 0 fully saturated rings. The van der Waals surface area contributed by atoms with E-state index >= 15 is 0 Å². The zero-order valence-corrected chi connectivity index (χ0v) is 22.0. The van der Waals surface area contributed by atoms with Gasteiger partial charge in [0.2, 0.25) is 17.7 Å². The summed E-state index contributed by atoms with van der Waals surface area (Å²) in [6.07, 6.45) is 6.44. The molecule has 0 bridgehead atoms. The van der Waals surface area contributed by atoms with Gasteiger partial charge in [0.25, 0.3) is 0 Å². The number of hydrogen-bond acceptors (Lipinski definition) is 9. The molecule has 1 atom stereocenters. The first kappa shape index (κ1) is 28.6. The summed E-state index contributed by atoms with van der Waals surface area (Å²) in [5, 5.41) is 20.2. The van der Waals surface area contributed by atoms with Crippen LogP contribution in [0, 0.1) is 23.2 Å². The van der Waals surface area contributed by atoms with Gasteiger partial charge in [0, 0.05) is 40.2 Å². The van der Waals surface area contributed by atoms with Gasteiger partial charge in [-0.25, -0.2) is 15.0 Å². The lowest BCUT2D eigenvalue weighted by Crippen LogP contribution is -2.43. The Morgan fingerprint density at radius 2 is 2.00 bits per heavy atom. The van der Waals surface area contributed by atoms with Gasteiger partial charge < -0.3 is 20.4 Å². The van der Waals surface area contributed by atoms with Crippen LogP contribution in [0.3, 0.4) is 0 Å². The molecule has 9 nitrogen and oxygen atoms in total. The second-order valence-corrected chi connectivity index (χ2v) is 9.51. The molecule has 0 aromatic carbocycles. The topological polar surface area (TPSA) is 140 Å². The molecule has 0 spiro atoms. The summed E-state index contributed by atoms with van der Waals surface area (Å²) in [7, 11) is 1.56. The summed E-state index contributed by atoms with van der Waals surface area (Å²) in [5.74, 6) is 0.605. The van der Waals surface area contributed by atoms with E-state index in [0.29, 0.717) is 34.3 Å². The van der Waals surface area contributed by atoms with Crippen LogP contribution in [0.4, 0.5) is 4.39 Å². The first-order valence-corrected chi connectivity index (χ1v) is 11.7. The third-order valence-electron chi connectivity index (χ3n) is 4.69. The second kappa shape index (κ2) is 13.5. The third kappa shape index (κ3) is 8.87. The molecule has 0 aliphatic rings. The highest BCUT2D eigenvalue weighted by Gasteiger charge is 2.22. The normalized spacial score (nSPS) is 12.4. The van der Waals surface area contributed by atoms with Gasteiger partial charge >= 0.3 is 0 Å². The minimum Gasteiger partial charge on any atom is -0.481 e. The highest BCUT2D eigenvalue weighted by atomic mass is 79.9. The fourth-order valence-corrected chi connectivity index (χ4v) is 3.67. The van der Waals surface area contributed by atoms with Gasteiger partial charge in [-0.1, -0.05) is 19.0 Å². The smallest absolute Gasteiger partial charge is 0.231 e. The standard InChI is InChI=1S/C19H24N4O2.C6H4BrFN2O/c1-13(2)9-19(3,21)12-25-18-15(10-20)7-16(11-23-18)14-5-6-22-17(8-14)24-4;7-5-1-4(2-10-11)6(8)9-3-5/h5-8,11,13H,9,12,21H2,1-4H3;1-3,11H/t19-;/m0./s1. The summed E-state index contributed by atoms with van der Waals surface area (Å²) >= 11 is 3.09. The average Bonchev–Trinajstić information content (AvgIpc) is 2.85. The van der Waals surface area contributed by atoms with Gasteiger partial charge in [0.1, 0.15) is 18.2 Å². The van der Waals surface area contributed by atoms with E-state index in [1.54, 1.807) is 31.6 Å². The number of nitrogens with zero attached hydrogens (tertiary/aromatic N) is 5. The number of nitrogens with two attached hydrogens (primary N) is 1. The van der Waals surface area contributed by atoms with E-state index < -0.39 is 11.5 Å². The van der Waals surface area contributed by atoms with Crippen molar-refractivity contribution in [2.75, 3.05) is 13.7 Å². The summed E-state index contributed by atoms with van der Waals surface area (Å²) in [5.41, 5.74) is 7.95. The lowest BCUT2D eigenvalue weighted by atomic mass is 9.93. The van der Waals surface area contributed by atoms with E-state index in [2.05, 4.69) is 56.0 Å². The van der Waals surface area contributed by atoms with Crippen molar-refractivity contribution in [1.29, 1.82) is 5.26 Å². The Kier molecular flexibility index (Phi) is 10.7. The largest absolute Gasteiger partial charge is 0.481 e. The maximum absolute atomic E-state index is 12.6. The molecule has 0 aliphatic carbocycles. The predicted octanol–water partition coefficient (Wildman–Crippen LogP) is 4.96. The van der Waals surface area contributed by atoms with Crippen molar-refractivity contribution >= 4 is 22.1 Å². The lowest BCUT2D eigenvalue weighted by Gasteiger charge is -2.26. The fraction of sp³-hybridized carbons (Fsp3) is 0.320. The van der Waals surface area contributed by atoms with E-state index in [4.69, 9.17) is 20.4 Å². The molecule has 3 aromatic heterocycles. The number of aromatic nitrogens is 3. The van der Waals surface area contributed by atoms with Gasteiger partial charge in [0.05, 0.1) is 18.9 Å². The van der Waals surface area contributed by atoms with Crippen LogP contribution in [0.2, 0.25) is 0 Å². The Hall–Kier alpha value is -3.62. The van der Waals surface area contributed by atoms with Gasteiger partial charge in [0.15, 0.2) is 0 Å². The van der Waals surface area contributed by atoms with Crippen LogP contribution in [0.15, 0.2) is 52.5 Å². The molecule has 0 unspecified atom stereocenters. The quantitative estimate of drug-likeness (QED) is 0.171. The molecular formula is C25H28BrFN6O3. The van der Waals surface area contributed by atoms with Crippen LogP contribution in [0.25, 0.3) is 11.1 Å². The Bertz CT molecular complexity index is 1230. The summed E-state index contributed by atoms with van der Waals surface area (Å²) in [4.78, 5) is 11.8. The Morgan fingerprint density at radius 1 is 1.25 bits per heavy atom. The maximum Gasteiger partial charge on any atom is 0.231 e. The van der Waals surface area contributed by atoms with E-state index in [9.17, 15) is 9.65 Å². The number of pyridine rings is 3. The van der Waals surface area contributed by atoms with Crippen molar-refractivity contribution in [2.24, 2.45) is 16.8 Å². The van der Waals surface area contributed by atoms with Crippen LogP contribution in [-0.4, -0.2) is 45.6 Å². The zero-order valence-electron chi connectivity index (χ0n) is 20.4. The van der Waals surface area contributed by atoms with Gasteiger partial charge in [-0.2, -0.15) is 9.65 Å². The molecule has 3 aromatic rings. The van der Waals surface area contributed by atoms with Crippen LogP contribution < -0.4 is 15.2 Å². The molecule has 11 heteroatoms.